The predicted octanol–water partition coefficient (Wildman–Crippen LogP) is 5.21. The fourth-order valence-electron chi connectivity index (χ4n) is 3.53. The van der Waals surface area contributed by atoms with E-state index in [2.05, 4.69) is 29.6 Å². The van der Waals surface area contributed by atoms with Gasteiger partial charge in [-0.2, -0.15) is 0 Å². The van der Waals surface area contributed by atoms with Crippen molar-refractivity contribution in [3.8, 4) is 0 Å². The number of fused-ring (bicyclic) bond motifs is 5. The van der Waals surface area contributed by atoms with Crippen LogP contribution in [-0.4, -0.2) is 4.98 Å². The molecule has 23 heavy (non-hydrogen) atoms. The quantitative estimate of drug-likeness (QED) is 0.552. The summed E-state index contributed by atoms with van der Waals surface area (Å²) in [4.78, 5) is 4.93. The lowest BCUT2D eigenvalue weighted by Gasteiger charge is -2.09. The van der Waals surface area contributed by atoms with Crippen LogP contribution in [0.3, 0.4) is 0 Å². The Hall–Kier alpha value is -2.81. The van der Waals surface area contributed by atoms with Crippen molar-refractivity contribution < 1.29 is 4.42 Å². The van der Waals surface area contributed by atoms with Gasteiger partial charge in [-0.15, -0.1) is 0 Å². The summed E-state index contributed by atoms with van der Waals surface area (Å²) in [6.07, 6.45) is 3.25. The molecular weight excluding hydrogens is 284 g/mol. The van der Waals surface area contributed by atoms with E-state index in [1.807, 2.05) is 30.3 Å². The lowest BCUT2D eigenvalue weighted by atomic mass is 10.1. The Morgan fingerprint density at radius 1 is 0.913 bits per heavy atom. The standard InChI is InChI=1S/C20H16N2O/c1-2-7-13(8-3-1)21-20-18-15-9-4-5-12-17(15)23-19(18)14-10-6-11-16(14)22-20/h1-5,7-9,12H,6,10-11H2,(H,21,22). The SMILES string of the molecule is c1ccc(Nc2nc3c(c4oc5ccccc5c24)CCC3)cc1. The van der Waals surface area contributed by atoms with E-state index in [0.29, 0.717) is 0 Å². The number of benzene rings is 2. The molecule has 0 aliphatic heterocycles. The van der Waals surface area contributed by atoms with Crippen LogP contribution in [0.15, 0.2) is 59.0 Å². The summed E-state index contributed by atoms with van der Waals surface area (Å²) in [6.45, 7) is 0. The molecule has 2 aromatic heterocycles. The third kappa shape index (κ3) is 1.93. The zero-order chi connectivity index (χ0) is 15.2. The smallest absolute Gasteiger partial charge is 0.144 e. The van der Waals surface area contributed by atoms with Gasteiger partial charge in [0.25, 0.3) is 0 Å². The van der Waals surface area contributed by atoms with Gasteiger partial charge in [0.1, 0.15) is 17.0 Å². The molecule has 0 saturated heterocycles. The highest BCUT2D eigenvalue weighted by molar-refractivity contribution is 6.12. The number of para-hydroxylation sites is 2. The van der Waals surface area contributed by atoms with Crippen LogP contribution in [0.5, 0.6) is 0 Å². The Morgan fingerprint density at radius 2 is 1.74 bits per heavy atom. The Labute approximate surface area is 134 Å². The van der Waals surface area contributed by atoms with E-state index in [-0.39, 0.29) is 0 Å². The lowest BCUT2D eigenvalue weighted by Crippen LogP contribution is -1.98. The van der Waals surface area contributed by atoms with E-state index < -0.39 is 0 Å². The summed E-state index contributed by atoms with van der Waals surface area (Å²) < 4.78 is 6.19. The first-order valence-corrected chi connectivity index (χ1v) is 8.05. The van der Waals surface area contributed by atoms with Crippen molar-refractivity contribution in [3.63, 3.8) is 0 Å². The molecule has 112 valence electrons. The van der Waals surface area contributed by atoms with E-state index in [4.69, 9.17) is 9.40 Å². The van der Waals surface area contributed by atoms with Crippen molar-refractivity contribution in [1.82, 2.24) is 4.98 Å². The summed E-state index contributed by atoms with van der Waals surface area (Å²) in [5, 5.41) is 5.71. The molecule has 4 aromatic rings. The largest absolute Gasteiger partial charge is 0.456 e. The Balaban J connectivity index is 1.82. The van der Waals surface area contributed by atoms with Crippen LogP contribution in [-0.2, 0) is 12.8 Å². The van der Waals surface area contributed by atoms with Crippen LogP contribution in [0.2, 0.25) is 0 Å². The lowest BCUT2D eigenvalue weighted by molar-refractivity contribution is 0.663. The van der Waals surface area contributed by atoms with Gasteiger partial charge in [0.15, 0.2) is 0 Å². The van der Waals surface area contributed by atoms with Crippen LogP contribution in [0.4, 0.5) is 11.5 Å². The van der Waals surface area contributed by atoms with Crippen molar-refractivity contribution in [2.75, 3.05) is 5.32 Å². The number of hydrogen-bond donors (Lipinski definition) is 1. The molecule has 1 aliphatic carbocycles. The normalized spacial score (nSPS) is 13.6. The Bertz CT molecular complexity index is 1020. The van der Waals surface area contributed by atoms with Gasteiger partial charge in [-0.3, -0.25) is 0 Å². The summed E-state index contributed by atoms with van der Waals surface area (Å²) >= 11 is 0. The zero-order valence-electron chi connectivity index (χ0n) is 12.7. The molecule has 0 spiro atoms. The number of aryl methyl sites for hydroxylation is 2. The van der Waals surface area contributed by atoms with Crippen LogP contribution in [0.1, 0.15) is 17.7 Å². The average molecular weight is 300 g/mol. The number of anilines is 2. The van der Waals surface area contributed by atoms with Crippen LogP contribution < -0.4 is 5.32 Å². The summed E-state index contributed by atoms with van der Waals surface area (Å²) in [7, 11) is 0. The number of nitrogens with one attached hydrogen (secondary N) is 1. The minimum Gasteiger partial charge on any atom is -0.456 e. The van der Waals surface area contributed by atoms with Crippen molar-refractivity contribution in [3.05, 3.63) is 65.9 Å². The topological polar surface area (TPSA) is 38.1 Å². The van der Waals surface area contributed by atoms with Crippen molar-refractivity contribution >= 4 is 33.4 Å². The third-order valence-electron chi connectivity index (χ3n) is 4.58. The number of pyridine rings is 1. The van der Waals surface area contributed by atoms with E-state index >= 15 is 0 Å². The second kappa shape index (κ2) is 4.85. The maximum absolute atomic E-state index is 6.19. The number of hydrogen-bond acceptors (Lipinski definition) is 3. The molecule has 0 amide bonds. The van der Waals surface area contributed by atoms with Crippen molar-refractivity contribution in [2.24, 2.45) is 0 Å². The summed E-state index contributed by atoms with van der Waals surface area (Å²) in [6, 6.07) is 18.4. The van der Waals surface area contributed by atoms with Crippen LogP contribution >= 0.6 is 0 Å². The van der Waals surface area contributed by atoms with E-state index in [9.17, 15) is 0 Å². The molecule has 0 fully saturated rings. The molecular formula is C20H16N2O. The van der Waals surface area contributed by atoms with Crippen LogP contribution in [0, 0.1) is 0 Å². The molecule has 2 aromatic carbocycles. The number of furan rings is 1. The molecule has 2 heterocycles. The fourth-order valence-corrected chi connectivity index (χ4v) is 3.53. The van der Waals surface area contributed by atoms with E-state index in [1.54, 1.807) is 0 Å². The average Bonchev–Trinajstić information content (AvgIpc) is 3.19. The maximum atomic E-state index is 6.19. The molecule has 5 rings (SSSR count). The molecule has 0 saturated carbocycles. The summed E-state index contributed by atoms with van der Waals surface area (Å²) in [5.74, 6) is 0.900. The molecule has 1 N–H and O–H groups in total. The first-order valence-electron chi connectivity index (χ1n) is 8.05. The van der Waals surface area contributed by atoms with Gasteiger partial charge in [0, 0.05) is 22.3 Å². The second-order valence-electron chi connectivity index (χ2n) is 6.03. The highest BCUT2D eigenvalue weighted by Gasteiger charge is 2.23. The van der Waals surface area contributed by atoms with Gasteiger partial charge in [0.2, 0.25) is 0 Å². The number of rotatable bonds is 2. The zero-order valence-corrected chi connectivity index (χ0v) is 12.7. The molecule has 1 aliphatic rings. The Morgan fingerprint density at radius 3 is 2.65 bits per heavy atom. The second-order valence-corrected chi connectivity index (χ2v) is 6.03. The Kier molecular flexibility index (Phi) is 2.68. The summed E-state index contributed by atoms with van der Waals surface area (Å²) in [5.41, 5.74) is 5.45. The predicted molar refractivity (Wildman–Crippen MR) is 93.3 cm³/mol. The molecule has 3 nitrogen and oxygen atoms in total. The van der Waals surface area contributed by atoms with Gasteiger partial charge in [-0.05, 0) is 37.5 Å². The third-order valence-corrected chi connectivity index (χ3v) is 4.58. The molecule has 0 atom stereocenters. The minimum atomic E-state index is 0.900. The molecule has 3 heteroatoms. The minimum absolute atomic E-state index is 0.900. The number of nitrogens with zero attached hydrogens (tertiary/aromatic N) is 1. The first-order chi connectivity index (χ1) is 11.4. The van der Waals surface area contributed by atoms with Gasteiger partial charge >= 0.3 is 0 Å². The first kappa shape index (κ1) is 12.7. The van der Waals surface area contributed by atoms with Gasteiger partial charge in [-0.25, -0.2) is 4.98 Å². The molecule has 0 unspecified atom stereocenters. The fraction of sp³-hybridized carbons (Fsp3) is 0.150. The van der Waals surface area contributed by atoms with E-state index in [0.717, 1.165) is 52.7 Å². The van der Waals surface area contributed by atoms with Crippen molar-refractivity contribution in [1.29, 1.82) is 0 Å². The molecule has 0 bridgehead atoms. The number of aromatic nitrogens is 1. The van der Waals surface area contributed by atoms with Crippen LogP contribution in [0.25, 0.3) is 21.9 Å². The maximum Gasteiger partial charge on any atom is 0.144 e. The van der Waals surface area contributed by atoms with Gasteiger partial charge < -0.3 is 9.73 Å². The molecule has 0 radical (unpaired) electrons. The highest BCUT2D eigenvalue weighted by Crippen LogP contribution is 2.39. The van der Waals surface area contributed by atoms with Crippen molar-refractivity contribution in [2.45, 2.75) is 19.3 Å². The highest BCUT2D eigenvalue weighted by atomic mass is 16.3. The van der Waals surface area contributed by atoms with E-state index in [1.165, 1.54) is 11.3 Å². The van der Waals surface area contributed by atoms with Gasteiger partial charge in [0.05, 0.1) is 5.39 Å². The van der Waals surface area contributed by atoms with Gasteiger partial charge in [-0.1, -0.05) is 36.4 Å². The monoisotopic (exact) mass is 300 g/mol.